The number of nitrogens with zero attached hydrogens (tertiary/aromatic N) is 3. The van der Waals surface area contributed by atoms with Gasteiger partial charge in [-0.05, 0) is 0 Å². The van der Waals surface area contributed by atoms with Crippen LogP contribution in [0, 0.1) is 0 Å². The number of carboxylic acids is 1. The number of imidazole rings is 1. The van der Waals surface area contributed by atoms with E-state index in [-0.39, 0.29) is 23.9 Å². The molecule has 1 amide bonds. The van der Waals surface area contributed by atoms with Crippen LogP contribution in [0.15, 0.2) is 6.33 Å². The zero-order valence-electron chi connectivity index (χ0n) is 10.4. The fourth-order valence-electron chi connectivity index (χ4n) is 2.09. The molecule has 0 spiro atoms. The van der Waals surface area contributed by atoms with Crippen molar-refractivity contribution in [3.05, 3.63) is 17.7 Å². The Morgan fingerprint density at radius 2 is 2.00 bits per heavy atom. The van der Waals surface area contributed by atoms with Gasteiger partial charge in [0.2, 0.25) is 0 Å². The molecular formula is C11H16N4O4. The number of carbonyl (C=O) groups is 2. The van der Waals surface area contributed by atoms with Crippen LogP contribution in [0.5, 0.6) is 0 Å². The number of aromatic carboxylic acids is 1. The van der Waals surface area contributed by atoms with Crippen LogP contribution in [0.25, 0.3) is 0 Å². The molecule has 1 saturated heterocycles. The first-order valence-corrected chi connectivity index (χ1v) is 6.02. The van der Waals surface area contributed by atoms with E-state index in [1.807, 2.05) is 4.90 Å². The predicted molar refractivity (Wildman–Crippen MR) is 65.0 cm³/mol. The number of aromatic amines is 1. The fraction of sp³-hybridized carbons (Fsp3) is 0.545. The van der Waals surface area contributed by atoms with Crippen molar-refractivity contribution in [1.82, 2.24) is 19.8 Å². The number of hydrogen-bond donors (Lipinski definition) is 3. The minimum atomic E-state index is -1.19. The predicted octanol–water partition coefficient (Wildman–Crippen LogP) is -1.14. The standard InChI is InChI=1S/C11H16N4O4/c16-6-5-14-1-3-15(4-2-14)10(17)8-9(11(18)19)13-7-12-8/h7,16H,1-6H2,(H,12,13)(H,18,19). The van der Waals surface area contributed by atoms with Crippen molar-refractivity contribution in [2.75, 3.05) is 39.3 Å². The number of H-pyrrole nitrogens is 1. The minimum absolute atomic E-state index is 0.0527. The SMILES string of the molecule is O=C(O)c1[nH]cnc1C(=O)N1CCN(CCO)CC1. The van der Waals surface area contributed by atoms with E-state index in [0.29, 0.717) is 32.7 Å². The van der Waals surface area contributed by atoms with Crippen LogP contribution in [-0.4, -0.2) is 81.2 Å². The van der Waals surface area contributed by atoms with Gasteiger partial charge in [-0.25, -0.2) is 9.78 Å². The van der Waals surface area contributed by atoms with Gasteiger partial charge in [0.15, 0.2) is 11.4 Å². The third-order valence-electron chi connectivity index (χ3n) is 3.13. The van der Waals surface area contributed by atoms with Crippen molar-refractivity contribution >= 4 is 11.9 Å². The average Bonchev–Trinajstić information content (AvgIpc) is 2.88. The van der Waals surface area contributed by atoms with E-state index < -0.39 is 5.97 Å². The van der Waals surface area contributed by atoms with Gasteiger partial charge in [0.1, 0.15) is 0 Å². The highest BCUT2D eigenvalue weighted by Crippen LogP contribution is 2.10. The molecule has 2 heterocycles. The molecule has 0 radical (unpaired) electrons. The summed E-state index contributed by atoms with van der Waals surface area (Å²) in [6, 6.07) is 0. The molecule has 1 fully saturated rings. The molecule has 0 aliphatic carbocycles. The third kappa shape index (κ3) is 2.91. The van der Waals surface area contributed by atoms with Gasteiger partial charge in [0, 0.05) is 32.7 Å². The molecular weight excluding hydrogens is 252 g/mol. The second-order valence-electron chi connectivity index (χ2n) is 4.29. The van der Waals surface area contributed by atoms with E-state index >= 15 is 0 Å². The fourth-order valence-corrected chi connectivity index (χ4v) is 2.09. The van der Waals surface area contributed by atoms with E-state index in [0.717, 1.165) is 0 Å². The molecule has 1 aromatic rings. The van der Waals surface area contributed by atoms with Crippen LogP contribution in [-0.2, 0) is 0 Å². The van der Waals surface area contributed by atoms with Crippen molar-refractivity contribution < 1.29 is 19.8 Å². The number of aliphatic hydroxyl groups is 1. The molecule has 0 saturated carbocycles. The van der Waals surface area contributed by atoms with Crippen molar-refractivity contribution in [1.29, 1.82) is 0 Å². The zero-order chi connectivity index (χ0) is 13.8. The van der Waals surface area contributed by atoms with Gasteiger partial charge in [0.05, 0.1) is 12.9 Å². The summed E-state index contributed by atoms with van der Waals surface area (Å²) in [7, 11) is 0. The topological polar surface area (TPSA) is 110 Å². The maximum Gasteiger partial charge on any atom is 0.354 e. The highest BCUT2D eigenvalue weighted by molar-refractivity contribution is 6.02. The summed E-state index contributed by atoms with van der Waals surface area (Å²) in [5.41, 5.74) is -0.231. The molecule has 8 nitrogen and oxygen atoms in total. The molecule has 0 aromatic carbocycles. The molecule has 1 aliphatic heterocycles. The molecule has 3 N–H and O–H groups in total. The van der Waals surface area contributed by atoms with Crippen LogP contribution in [0.1, 0.15) is 21.0 Å². The van der Waals surface area contributed by atoms with Crippen molar-refractivity contribution in [2.45, 2.75) is 0 Å². The second kappa shape index (κ2) is 5.81. The van der Waals surface area contributed by atoms with Gasteiger partial charge in [-0.2, -0.15) is 0 Å². The van der Waals surface area contributed by atoms with Crippen molar-refractivity contribution in [2.24, 2.45) is 0 Å². The summed E-state index contributed by atoms with van der Waals surface area (Å²) >= 11 is 0. The molecule has 8 heteroatoms. The molecule has 1 aromatic heterocycles. The lowest BCUT2D eigenvalue weighted by atomic mass is 10.2. The monoisotopic (exact) mass is 268 g/mol. The molecule has 0 bridgehead atoms. The molecule has 0 unspecified atom stereocenters. The summed E-state index contributed by atoms with van der Waals surface area (Å²) < 4.78 is 0. The number of aromatic nitrogens is 2. The van der Waals surface area contributed by atoms with E-state index in [4.69, 9.17) is 10.2 Å². The minimum Gasteiger partial charge on any atom is -0.477 e. The zero-order valence-corrected chi connectivity index (χ0v) is 10.4. The van der Waals surface area contributed by atoms with Gasteiger partial charge in [0.25, 0.3) is 5.91 Å². The molecule has 0 atom stereocenters. The average molecular weight is 268 g/mol. The van der Waals surface area contributed by atoms with Crippen LogP contribution in [0.3, 0.4) is 0 Å². The Bertz CT molecular complexity index is 465. The maximum absolute atomic E-state index is 12.2. The van der Waals surface area contributed by atoms with E-state index in [1.165, 1.54) is 6.33 Å². The lowest BCUT2D eigenvalue weighted by Gasteiger charge is -2.34. The van der Waals surface area contributed by atoms with E-state index in [1.54, 1.807) is 4.90 Å². The Morgan fingerprint density at radius 1 is 1.32 bits per heavy atom. The lowest BCUT2D eigenvalue weighted by Crippen LogP contribution is -2.49. The highest BCUT2D eigenvalue weighted by Gasteiger charge is 2.27. The van der Waals surface area contributed by atoms with Gasteiger partial charge >= 0.3 is 5.97 Å². The Labute approximate surface area is 109 Å². The number of carboxylic acid groups (broad SMARTS) is 1. The first kappa shape index (κ1) is 13.5. The number of nitrogens with one attached hydrogen (secondary N) is 1. The Hall–Kier alpha value is -1.93. The van der Waals surface area contributed by atoms with Crippen LogP contribution >= 0.6 is 0 Å². The van der Waals surface area contributed by atoms with Gasteiger partial charge in [-0.1, -0.05) is 0 Å². The Morgan fingerprint density at radius 3 is 2.58 bits per heavy atom. The first-order valence-electron chi connectivity index (χ1n) is 6.02. The normalized spacial score (nSPS) is 16.6. The van der Waals surface area contributed by atoms with Crippen LogP contribution in [0.2, 0.25) is 0 Å². The quantitative estimate of drug-likeness (QED) is 0.636. The number of aliphatic hydroxyl groups excluding tert-OH is 1. The number of β-amino-alcohol motifs (C(OH)–C–C–N with tert-alkyl or cyclic N) is 1. The van der Waals surface area contributed by atoms with Gasteiger partial charge in [-0.15, -0.1) is 0 Å². The summed E-state index contributed by atoms with van der Waals surface area (Å²) in [4.78, 5) is 33.0. The highest BCUT2D eigenvalue weighted by atomic mass is 16.4. The largest absolute Gasteiger partial charge is 0.477 e. The summed E-state index contributed by atoms with van der Waals surface area (Å²) in [6.45, 7) is 3.02. The summed E-state index contributed by atoms with van der Waals surface area (Å²) in [5, 5.41) is 17.8. The Kier molecular flexibility index (Phi) is 4.13. The number of hydrogen-bond acceptors (Lipinski definition) is 5. The Balaban J connectivity index is 2.01. The number of amides is 1. The lowest BCUT2D eigenvalue weighted by molar-refractivity contribution is 0.0592. The smallest absolute Gasteiger partial charge is 0.354 e. The first-order chi connectivity index (χ1) is 9.13. The van der Waals surface area contributed by atoms with Gasteiger partial charge < -0.3 is 20.1 Å². The molecule has 1 aliphatic rings. The van der Waals surface area contributed by atoms with Crippen molar-refractivity contribution in [3.63, 3.8) is 0 Å². The summed E-state index contributed by atoms with van der Waals surface area (Å²) in [5.74, 6) is -1.57. The van der Waals surface area contributed by atoms with Crippen molar-refractivity contribution in [3.8, 4) is 0 Å². The maximum atomic E-state index is 12.2. The van der Waals surface area contributed by atoms with E-state index in [2.05, 4.69) is 9.97 Å². The molecule has 104 valence electrons. The number of rotatable bonds is 4. The van der Waals surface area contributed by atoms with Crippen LogP contribution < -0.4 is 0 Å². The van der Waals surface area contributed by atoms with Gasteiger partial charge in [-0.3, -0.25) is 9.69 Å². The third-order valence-corrected chi connectivity index (χ3v) is 3.13. The molecule has 2 rings (SSSR count). The van der Waals surface area contributed by atoms with Crippen LogP contribution in [0.4, 0.5) is 0 Å². The number of carbonyl (C=O) groups excluding carboxylic acids is 1. The second-order valence-corrected chi connectivity index (χ2v) is 4.29. The summed E-state index contributed by atoms with van der Waals surface area (Å²) in [6.07, 6.45) is 1.21. The van der Waals surface area contributed by atoms with E-state index in [9.17, 15) is 9.59 Å². The number of piperazine rings is 1. The molecule has 19 heavy (non-hydrogen) atoms.